The van der Waals surface area contributed by atoms with E-state index in [0.29, 0.717) is 26.2 Å². The number of anilines is 2. The third kappa shape index (κ3) is 7.00. The van der Waals surface area contributed by atoms with Crippen molar-refractivity contribution in [1.82, 2.24) is 29.5 Å². The van der Waals surface area contributed by atoms with Gasteiger partial charge in [-0.1, -0.05) is 12.1 Å². The van der Waals surface area contributed by atoms with Gasteiger partial charge in [0.15, 0.2) is 0 Å². The van der Waals surface area contributed by atoms with Gasteiger partial charge in [0, 0.05) is 77.1 Å². The van der Waals surface area contributed by atoms with Crippen molar-refractivity contribution in [3.63, 3.8) is 0 Å². The number of hydrogen-bond donors (Lipinski definition) is 1. The molecule has 0 radical (unpaired) electrons. The first-order valence-corrected chi connectivity index (χ1v) is 14.3. The van der Waals surface area contributed by atoms with Crippen LogP contribution in [0.1, 0.15) is 18.9 Å². The van der Waals surface area contributed by atoms with Crippen LogP contribution in [0, 0.1) is 11.6 Å². The quantitative estimate of drug-likeness (QED) is 0.373. The zero-order valence-electron chi connectivity index (χ0n) is 23.9. The van der Waals surface area contributed by atoms with Crippen molar-refractivity contribution in [2.45, 2.75) is 31.5 Å². The van der Waals surface area contributed by atoms with E-state index < -0.39 is 23.3 Å². The molecule has 5 rings (SSSR count). The van der Waals surface area contributed by atoms with Gasteiger partial charge in [-0.3, -0.25) is 9.80 Å². The van der Waals surface area contributed by atoms with Gasteiger partial charge in [0.25, 0.3) is 0 Å². The summed E-state index contributed by atoms with van der Waals surface area (Å²) in [6, 6.07) is 8.93. The highest BCUT2D eigenvalue weighted by atomic mass is 19.1. The molecular formula is C29H40F2N8O2. The van der Waals surface area contributed by atoms with Crippen LogP contribution in [0.5, 0.6) is 0 Å². The summed E-state index contributed by atoms with van der Waals surface area (Å²) in [4.78, 5) is 17.9. The smallest absolute Gasteiger partial charge is 0.137 e. The minimum absolute atomic E-state index is 0.0155. The van der Waals surface area contributed by atoms with E-state index in [0.717, 1.165) is 63.5 Å². The molecule has 0 spiro atoms. The number of pyridine rings is 1. The molecular weight excluding hydrogens is 530 g/mol. The van der Waals surface area contributed by atoms with Crippen LogP contribution in [-0.2, 0) is 16.9 Å². The zero-order chi connectivity index (χ0) is 28.8. The number of aromatic nitrogens is 4. The Morgan fingerprint density at radius 2 is 1.85 bits per heavy atom. The van der Waals surface area contributed by atoms with Crippen molar-refractivity contribution in [1.29, 1.82) is 0 Å². The predicted octanol–water partition coefficient (Wildman–Crippen LogP) is 2.21. The number of nitrogens with zero attached hydrogens (tertiary/aromatic N) is 8. The molecule has 4 heterocycles. The normalized spacial score (nSPS) is 19.2. The molecule has 10 nitrogen and oxygen atoms in total. The number of ether oxygens (including phenoxy) is 1. The molecule has 0 aliphatic carbocycles. The number of benzene rings is 1. The third-order valence-electron chi connectivity index (χ3n) is 8.33. The number of morpholine rings is 1. The molecule has 41 heavy (non-hydrogen) atoms. The van der Waals surface area contributed by atoms with E-state index in [-0.39, 0.29) is 12.1 Å². The van der Waals surface area contributed by atoms with Crippen LogP contribution in [0.4, 0.5) is 20.4 Å². The summed E-state index contributed by atoms with van der Waals surface area (Å²) in [5.41, 5.74) is -1.62. The highest BCUT2D eigenvalue weighted by Gasteiger charge is 2.42. The van der Waals surface area contributed by atoms with Crippen LogP contribution in [0.25, 0.3) is 0 Å². The molecule has 1 aromatic carbocycles. The van der Waals surface area contributed by atoms with Crippen molar-refractivity contribution in [3.05, 3.63) is 66.3 Å². The Labute approximate surface area is 240 Å². The Morgan fingerprint density at radius 3 is 2.56 bits per heavy atom. The summed E-state index contributed by atoms with van der Waals surface area (Å²) in [6.45, 7) is 10.2. The molecule has 3 aromatic rings. The van der Waals surface area contributed by atoms with E-state index in [4.69, 9.17) is 9.72 Å². The number of rotatable bonds is 11. The molecule has 222 valence electrons. The van der Waals surface area contributed by atoms with Crippen molar-refractivity contribution < 1.29 is 18.6 Å². The van der Waals surface area contributed by atoms with Crippen LogP contribution >= 0.6 is 0 Å². The van der Waals surface area contributed by atoms with Crippen molar-refractivity contribution >= 4 is 11.6 Å². The van der Waals surface area contributed by atoms with E-state index in [1.807, 2.05) is 25.1 Å². The molecule has 2 unspecified atom stereocenters. The van der Waals surface area contributed by atoms with E-state index in [9.17, 15) is 13.9 Å². The second-order valence-electron chi connectivity index (χ2n) is 10.9. The first-order chi connectivity index (χ1) is 19.8. The number of halogens is 2. The van der Waals surface area contributed by atoms with Crippen LogP contribution in [0.3, 0.4) is 0 Å². The average molecular weight is 571 g/mol. The van der Waals surface area contributed by atoms with Crippen LogP contribution in [0.2, 0.25) is 0 Å². The lowest BCUT2D eigenvalue weighted by Crippen LogP contribution is -2.57. The number of piperazine rings is 1. The second-order valence-corrected chi connectivity index (χ2v) is 10.9. The van der Waals surface area contributed by atoms with Crippen LogP contribution in [-0.4, -0.2) is 113 Å². The summed E-state index contributed by atoms with van der Waals surface area (Å²) in [7, 11) is 2.08. The first-order valence-electron chi connectivity index (χ1n) is 14.3. The van der Waals surface area contributed by atoms with E-state index in [2.05, 4.69) is 36.7 Å². The molecule has 2 fully saturated rings. The maximum atomic E-state index is 15.0. The fourth-order valence-corrected chi connectivity index (χ4v) is 5.76. The fourth-order valence-electron chi connectivity index (χ4n) is 5.76. The Morgan fingerprint density at radius 1 is 1.07 bits per heavy atom. The van der Waals surface area contributed by atoms with E-state index in [1.54, 1.807) is 0 Å². The van der Waals surface area contributed by atoms with Gasteiger partial charge in [-0.05, 0) is 31.5 Å². The van der Waals surface area contributed by atoms with Gasteiger partial charge >= 0.3 is 0 Å². The lowest BCUT2D eigenvalue weighted by atomic mass is 9.85. The van der Waals surface area contributed by atoms with Gasteiger partial charge in [-0.25, -0.2) is 23.4 Å². The molecule has 12 heteroatoms. The SMILES string of the molecule is CC(N1CCN(c2cccc(N(C)CCCN3CCOCC3)n2)CC1)C(O)(Cn1cncn1)c1ccc(F)cc1F. The van der Waals surface area contributed by atoms with E-state index >= 15 is 0 Å². The molecule has 1 N–H and O–H groups in total. The summed E-state index contributed by atoms with van der Waals surface area (Å²) < 4.78 is 35.6. The topological polar surface area (TPSA) is 86.0 Å². The summed E-state index contributed by atoms with van der Waals surface area (Å²) in [5, 5.41) is 16.1. The van der Waals surface area contributed by atoms with Crippen molar-refractivity contribution in [2.24, 2.45) is 0 Å². The highest BCUT2D eigenvalue weighted by molar-refractivity contribution is 5.48. The second kappa shape index (κ2) is 13.2. The number of hydrogen-bond acceptors (Lipinski definition) is 9. The first kappa shape index (κ1) is 29.3. The monoisotopic (exact) mass is 570 g/mol. The van der Waals surface area contributed by atoms with Gasteiger partial charge < -0.3 is 19.6 Å². The Kier molecular flexibility index (Phi) is 9.43. The van der Waals surface area contributed by atoms with Gasteiger partial charge in [-0.2, -0.15) is 5.10 Å². The Bertz CT molecular complexity index is 1250. The lowest BCUT2D eigenvalue weighted by molar-refractivity contribution is -0.0650. The molecule has 0 amide bonds. The third-order valence-corrected chi connectivity index (χ3v) is 8.33. The molecule has 2 atom stereocenters. The van der Waals surface area contributed by atoms with E-state index in [1.165, 1.54) is 29.5 Å². The maximum absolute atomic E-state index is 15.0. The molecule has 0 bridgehead atoms. The van der Waals surface area contributed by atoms with Crippen LogP contribution in [0.15, 0.2) is 49.1 Å². The minimum atomic E-state index is -1.66. The van der Waals surface area contributed by atoms with Gasteiger partial charge in [0.05, 0.1) is 19.8 Å². The lowest BCUT2D eigenvalue weighted by Gasteiger charge is -2.45. The van der Waals surface area contributed by atoms with Crippen molar-refractivity contribution in [2.75, 3.05) is 82.4 Å². The van der Waals surface area contributed by atoms with Gasteiger partial charge in [0.2, 0.25) is 0 Å². The predicted molar refractivity (Wildman–Crippen MR) is 153 cm³/mol. The molecule has 2 aromatic heterocycles. The van der Waals surface area contributed by atoms with Crippen molar-refractivity contribution in [3.8, 4) is 0 Å². The molecule has 0 saturated carbocycles. The molecule has 2 aliphatic rings. The summed E-state index contributed by atoms with van der Waals surface area (Å²) >= 11 is 0. The Balaban J connectivity index is 1.22. The Hall–Kier alpha value is -3.19. The fraction of sp³-hybridized carbons (Fsp3) is 0.552. The average Bonchev–Trinajstić information content (AvgIpc) is 3.50. The van der Waals surface area contributed by atoms with Gasteiger partial charge in [-0.15, -0.1) is 0 Å². The highest BCUT2D eigenvalue weighted by Crippen LogP contribution is 2.33. The standard InChI is InChI=1S/C29H40F2N8O2/c1-23(29(40,20-39-22-32-21-33-39)25-8-7-24(30)19-26(25)31)37-11-13-38(14-12-37)28-6-3-5-27(34-28)35(2)9-4-10-36-15-17-41-18-16-36/h3,5-8,19,21-23,40H,4,9-18,20H2,1-2H3. The van der Waals surface area contributed by atoms with Gasteiger partial charge in [0.1, 0.15) is 41.5 Å². The summed E-state index contributed by atoms with van der Waals surface area (Å²) in [5.74, 6) is 0.382. The maximum Gasteiger partial charge on any atom is 0.137 e. The molecule has 2 aliphatic heterocycles. The molecule has 2 saturated heterocycles. The summed E-state index contributed by atoms with van der Waals surface area (Å²) in [6.07, 6.45) is 3.91. The largest absolute Gasteiger partial charge is 0.381 e. The number of aliphatic hydroxyl groups is 1. The minimum Gasteiger partial charge on any atom is -0.381 e. The zero-order valence-corrected chi connectivity index (χ0v) is 23.9. The van der Waals surface area contributed by atoms with Crippen LogP contribution < -0.4 is 9.80 Å².